The summed E-state index contributed by atoms with van der Waals surface area (Å²) in [5.41, 5.74) is 2.62. The molecule has 0 spiro atoms. The molecular weight excluding hydrogens is 252 g/mol. The summed E-state index contributed by atoms with van der Waals surface area (Å²) < 4.78 is 10.8. The fourth-order valence-corrected chi connectivity index (χ4v) is 2.45. The van der Waals surface area contributed by atoms with Crippen molar-refractivity contribution in [3.05, 3.63) is 65.6 Å². The Morgan fingerprint density at radius 1 is 1.05 bits per heavy atom. The Bertz CT molecular complexity index is 693. The van der Waals surface area contributed by atoms with Crippen LogP contribution in [0.2, 0.25) is 0 Å². The normalized spacial score (nSPS) is 19.5. The monoisotopic (exact) mass is 262 g/mol. The summed E-state index contributed by atoms with van der Waals surface area (Å²) in [4.78, 5) is 0. The number of hydrogen-bond acceptors (Lipinski definition) is 4. The molecule has 96 valence electrons. The first-order chi connectivity index (χ1) is 9.85. The summed E-state index contributed by atoms with van der Waals surface area (Å²) in [5.74, 6) is -0.0661. The molecule has 20 heavy (non-hydrogen) atoms. The third-order valence-electron chi connectivity index (χ3n) is 3.35. The molecule has 2 aliphatic rings. The van der Waals surface area contributed by atoms with Crippen LogP contribution in [-0.4, -0.2) is 6.29 Å². The van der Waals surface area contributed by atoms with Crippen molar-refractivity contribution >= 4 is 5.57 Å². The molecule has 0 N–H and O–H groups in total. The Morgan fingerprint density at radius 2 is 1.75 bits per heavy atom. The smallest absolute Gasteiger partial charge is 0.249 e. The van der Waals surface area contributed by atoms with Crippen LogP contribution >= 0.6 is 0 Å². The van der Waals surface area contributed by atoms with Gasteiger partial charge in [-0.15, -0.1) is 0 Å². The van der Waals surface area contributed by atoms with Crippen molar-refractivity contribution in [3.8, 4) is 12.1 Å². The van der Waals surface area contributed by atoms with Crippen LogP contribution < -0.4 is 0 Å². The minimum Gasteiger partial charge on any atom is -0.458 e. The highest BCUT2D eigenvalue weighted by molar-refractivity contribution is 5.85. The molecule has 0 saturated heterocycles. The SMILES string of the molecule is N#CC(C#N)=C1C=CC(C2OC=CO2)c2ccccc21. The summed E-state index contributed by atoms with van der Waals surface area (Å²) in [6.45, 7) is 0. The fraction of sp³-hybridized carbons (Fsp3) is 0.125. The molecule has 3 rings (SSSR count). The lowest BCUT2D eigenvalue weighted by atomic mass is 9.83. The highest BCUT2D eigenvalue weighted by Crippen LogP contribution is 2.38. The average molecular weight is 262 g/mol. The lowest BCUT2D eigenvalue weighted by molar-refractivity contribution is -0.0326. The van der Waals surface area contributed by atoms with Gasteiger partial charge in [-0.05, 0) is 11.1 Å². The summed E-state index contributed by atoms with van der Waals surface area (Å²) >= 11 is 0. The Kier molecular flexibility index (Phi) is 2.99. The molecule has 0 fully saturated rings. The van der Waals surface area contributed by atoms with Gasteiger partial charge in [-0.3, -0.25) is 0 Å². The number of nitrogens with zero attached hydrogens (tertiary/aromatic N) is 2. The molecule has 4 heteroatoms. The van der Waals surface area contributed by atoms with Crippen LogP contribution in [0.3, 0.4) is 0 Å². The molecule has 1 aromatic carbocycles. The second-order valence-corrected chi connectivity index (χ2v) is 4.40. The van der Waals surface area contributed by atoms with E-state index in [2.05, 4.69) is 0 Å². The van der Waals surface area contributed by atoms with E-state index in [0.717, 1.165) is 11.1 Å². The molecule has 0 bridgehead atoms. The van der Waals surface area contributed by atoms with Crippen molar-refractivity contribution in [1.29, 1.82) is 10.5 Å². The Labute approximate surface area is 116 Å². The van der Waals surface area contributed by atoms with Crippen LogP contribution in [0.4, 0.5) is 0 Å². The highest BCUT2D eigenvalue weighted by atomic mass is 16.7. The van der Waals surface area contributed by atoms with Gasteiger partial charge in [0.15, 0.2) is 0 Å². The molecule has 4 nitrogen and oxygen atoms in total. The first-order valence-electron chi connectivity index (χ1n) is 6.13. The number of nitriles is 2. The number of hydrogen-bond donors (Lipinski definition) is 0. The molecule has 0 aromatic heterocycles. The van der Waals surface area contributed by atoms with Crippen LogP contribution in [0.25, 0.3) is 5.57 Å². The topological polar surface area (TPSA) is 66.0 Å². The Balaban J connectivity index is 2.11. The van der Waals surface area contributed by atoms with Gasteiger partial charge in [0.2, 0.25) is 6.29 Å². The minimum absolute atomic E-state index is 0.0661. The number of benzene rings is 1. The molecule has 1 unspecified atom stereocenters. The van der Waals surface area contributed by atoms with Gasteiger partial charge in [0.25, 0.3) is 0 Å². The zero-order valence-electron chi connectivity index (χ0n) is 10.5. The second kappa shape index (κ2) is 4.95. The first kappa shape index (κ1) is 12.1. The maximum absolute atomic E-state index is 9.06. The molecule has 0 amide bonds. The van der Waals surface area contributed by atoms with E-state index in [1.165, 1.54) is 12.5 Å². The van der Waals surface area contributed by atoms with Gasteiger partial charge in [0.1, 0.15) is 30.2 Å². The molecule has 0 radical (unpaired) electrons. The van der Waals surface area contributed by atoms with E-state index in [0.29, 0.717) is 5.57 Å². The summed E-state index contributed by atoms with van der Waals surface area (Å²) in [6.07, 6.45) is 6.33. The zero-order valence-corrected chi connectivity index (χ0v) is 10.5. The minimum atomic E-state index is -0.401. The number of allylic oxidation sites excluding steroid dienone is 3. The quantitative estimate of drug-likeness (QED) is 0.730. The van der Waals surface area contributed by atoms with Gasteiger partial charge >= 0.3 is 0 Å². The Hall–Kier alpha value is -2.98. The standard InChI is InChI=1S/C16H10N2O2/c17-9-11(10-18)12-5-6-15(16-19-7-8-20-16)14-4-2-1-3-13(12)14/h1-8,15-16H. The van der Waals surface area contributed by atoms with Gasteiger partial charge in [-0.1, -0.05) is 36.4 Å². The molecule has 1 atom stereocenters. The van der Waals surface area contributed by atoms with E-state index in [9.17, 15) is 0 Å². The predicted octanol–water partition coefficient (Wildman–Crippen LogP) is 2.98. The van der Waals surface area contributed by atoms with Crippen LogP contribution in [0.1, 0.15) is 17.0 Å². The van der Waals surface area contributed by atoms with Crippen molar-refractivity contribution in [2.75, 3.05) is 0 Å². The van der Waals surface area contributed by atoms with Crippen LogP contribution in [0.5, 0.6) is 0 Å². The third kappa shape index (κ3) is 1.84. The molecule has 1 aromatic rings. The average Bonchev–Trinajstić information content (AvgIpc) is 3.02. The van der Waals surface area contributed by atoms with E-state index in [4.69, 9.17) is 20.0 Å². The Morgan fingerprint density at radius 3 is 2.45 bits per heavy atom. The molecule has 0 saturated carbocycles. The first-order valence-corrected chi connectivity index (χ1v) is 6.13. The van der Waals surface area contributed by atoms with Gasteiger partial charge in [0.05, 0.1) is 5.92 Å². The number of rotatable bonds is 1. The van der Waals surface area contributed by atoms with E-state index >= 15 is 0 Å². The molecule has 1 heterocycles. The molecule has 1 aliphatic heterocycles. The highest BCUT2D eigenvalue weighted by Gasteiger charge is 2.30. The summed E-state index contributed by atoms with van der Waals surface area (Å²) in [7, 11) is 0. The van der Waals surface area contributed by atoms with Crippen molar-refractivity contribution in [3.63, 3.8) is 0 Å². The number of fused-ring (bicyclic) bond motifs is 1. The predicted molar refractivity (Wildman–Crippen MR) is 71.6 cm³/mol. The van der Waals surface area contributed by atoms with Gasteiger partial charge in [-0.2, -0.15) is 10.5 Å². The summed E-state index contributed by atoms with van der Waals surface area (Å²) in [6, 6.07) is 11.5. The van der Waals surface area contributed by atoms with Crippen LogP contribution in [0, 0.1) is 22.7 Å². The summed E-state index contributed by atoms with van der Waals surface area (Å²) in [5, 5.41) is 18.1. The number of ether oxygens (including phenoxy) is 2. The maximum atomic E-state index is 9.06. The maximum Gasteiger partial charge on any atom is 0.249 e. The fourth-order valence-electron chi connectivity index (χ4n) is 2.45. The van der Waals surface area contributed by atoms with E-state index in [-0.39, 0.29) is 11.5 Å². The van der Waals surface area contributed by atoms with E-state index in [1.54, 1.807) is 6.08 Å². The molecule has 1 aliphatic carbocycles. The van der Waals surface area contributed by atoms with E-state index < -0.39 is 6.29 Å². The van der Waals surface area contributed by atoms with Gasteiger partial charge in [-0.25, -0.2) is 0 Å². The lowest BCUT2D eigenvalue weighted by Gasteiger charge is -2.26. The molecular formula is C16H10N2O2. The zero-order chi connectivity index (χ0) is 13.9. The largest absolute Gasteiger partial charge is 0.458 e. The van der Waals surface area contributed by atoms with Gasteiger partial charge in [0, 0.05) is 5.57 Å². The van der Waals surface area contributed by atoms with E-state index in [1.807, 2.05) is 42.5 Å². The van der Waals surface area contributed by atoms with Gasteiger partial charge < -0.3 is 9.47 Å². The van der Waals surface area contributed by atoms with Crippen molar-refractivity contribution in [2.45, 2.75) is 12.2 Å². The van der Waals surface area contributed by atoms with Crippen molar-refractivity contribution < 1.29 is 9.47 Å². The van der Waals surface area contributed by atoms with Crippen LogP contribution in [0.15, 0.2) is 54.5 Å². The third-order valence-corrected chi connectivity index (χ3v) is 3.35. The van der Waals surface area contributed by atoms with Crippen molar-refractivity contribution in [2.24, 2.45) is 0 Å². The second-order valence-electron chi connectivity index (χ2n) is 4.40. The lowest BCUT2D eigenvalue weighted by Crippen LogP contribution is -2.20. The van der Waals surface area contributed by atoms with Crippen molar-refractivity contribution in [1.82, 2.24) is 0 Å². The van der Waals surface area contributed by atoms with Crippen LogP contribution in [-0.2, 0) is 9.47 Å².